The molecule has 2 rings (SSSR count). The van der Waals surface area contributed by atoms with Crippen molar-refractivity contribution < 1.29 is 5.11 Å². The van der Waals surface area contributed by atoms with Crippen LogP contribution in [0, 0.1) is 22.7 Å². The van der Waals surface area contributed by atoms with Gasteiger partial charge in [-0.3, -0.25) is 0 Å². The first-order valence-electron chi connectivity index (χ1n) is 6.36. The number of rotatable bonds is 1. The van der Waals surface area contributed by atoms with E-state index in [9.17, 15) is 5.11 Å². The molecule has 16 heavy (non-hydrogen) atoms. The minimum absolute atomic E-state index is 0.0378. The molecule has 2 saturated carbocycles. The summed E-state index contributed by atoms with van der Waals surface area (Å²) in [5.74, 6) is 0.751. The van der Waals surface area contributed by atoms with Crippen molar-refractivity contribution in [2.75, 3.05) is 0 Å². The third kappa shape index (κ3) is 1.34. The largest absolute Gasteiger partial charge is 0.392 e. The minimum Gasteiger partial charge on any atom is -0.392 e. The monoisotopic (exact) mass is 220 g/mol. The Kier molecular flexibility index (Phi) is 2.58. The van der Waals surface area contributed by atoms with Crippen LogP contribution < -0.4 is 0 Å². The molecular weight excluding hydrogens is 196 g/mol. The van der Waals surface area contributed by atoms with Crippen molar-refractivity contribution in [3.8, 4) is 0 Å². The number of hydrogen-bond acceptors (Lipinski definition) is 1. The average Bonchev–Trinajstić information content (AvgIpc) is 2.22. The van der Waals surface area contributed by atoms with Crippen LogP contribution in [0.1, 0.15) is 40.0 Å². The molecule has 1 heteroatoms. The van der Waals surface area contributed by atoms with Crippen molar-refractivity contribution in [3.63, 3.8) is 0 Å². The van der Waals surface area contributed by atoms with E-state index in [4.69, 9.17) is 0 Å². The molecule has 2 fully saturated rings. The molecule has 2 aliphatic carbocycles. The average molecular weight is 220 g/mol. The highest BCUT2D eigenvalue weighted by Crippen LogP contribution is 2.60. The van der Waals surface area contributed by atoms with Gasteiger partial charge in [0.15, 0.2) is 0 Å². The van der Waals surface area contributed by atoms with E-state index in [0.717, 1.165) is 12.8 Å². The van der Waals surface area contributed by atoms with Gasteiger partial charge in [0.05, 0.1) is 6.10 Å². The highest BCUT2D eigenvalue weighted by atomic mass is 16.3. The van der Waals surface area contributed by atoms with Gasteiger partial charge in [0, 0.05) is 5.92 Å². The number of allylic oxidation sites excluding steroid dienone is 1. The van der Waals surface area contributed by atoms with Gasteiger partial charge in [-0.2, -0.15) is 0 Å². The first kappa shape index (κ1) is 11.9. The number of hydrogen-bond donors (Lipinski definition) is 1. The lowest BCUT2D eigenvalue weighted by Gasteiger charge is -2.57. The summed E-state index contributed by atoms with van der Waals surface area (Å²) in [6.07, 6.45) is 5.00. The number of aliphatic hydroxyl groups is 1. The Morgan fingerprint density at radius 1 is 1.38 bits per heavy atom. The zero-order chi connectivity index (χ0) is 12.1. The van der Waals surface area contributed by atoms with Crippen LogP contribution in [-0.4, -0.2) is 11.2 Å². The standard InChI is InChI=1S/C15H24O/c1-6-14(4)7-8-15(5)10(2)9-12(16)13(14)11(15)3/h6,10,12-13,16H,1,3,7-9H2,2,4-5H3/t10-,12+,13+,14+,15+/m1/s1. The molecule has 0 unspecified atom stereocenters. The molecular formula is C15H24O. The smallest absolute Gasteiger partial charge is 0.0616 e. The second-order valence-electron chi connectivity index (χ2n) is 6.33. The van der Waals surface area contributed by atoms with E-state index in [1.807, 2.05) is 6.08 Å². The van der Waals surface area contributed by atoms with E-state index in [0.29, 0.717) is 5.92 Å². The predicted molar refractivity (Wildman–Crippen MR) is 68.1 cm³/mol. The van der Waals surface area contributed by atoms with Crippen molar-refractivity contribution in [1.29, 1.82) is 0 Å². The van der Waals surface area contributed by atoms with E-state index in [1.54, 1.807) is 0 Å². The molecule has 1 nitrogen and oxygen atoms in total. The van der Waals surface area contributed by atoms with Gasteiger partial charge in [-0.05, 0) is 36.0 Å². The van der Waals surface area contributed by atoms with Crippen LogP contribution in [-0.2, 0) is 0 Å². The van der Waals surface area contributed by atoms with Gasteiger partial charge in [-0.1, -0.05) is 39.0 Å². The van der Waals surface area contributed by atoms with Gasteiger partial charge in [0.25, 0.3) is 0 Å². The molecule has 0 heterocycles. The second-order valence-corrected chi connectivity index (χ2v) is 6.33. The van der Waals surface area contributed by atoms with Crippen LogP contribution in [0.25, 0.3) is 0 Å². The van der Waals surface area contributed by atoms with Crippen molar-refractivity contribution in [3.05, 3.63) is 24.8 Å². The van der Waals surface area contributed by atoms with Crippen LogP contribution in [0.4, 0.5) is 0 Å². The van der Waals surface area contributed by atoms with Gasteiger partial charge in [0.2, 0.25) is 0 Å². The molecule has 0 saturated heterocycles. The molecule has 2 aliphatic rings. The Morgan fingerprint density at radius 3 is 2.56 bits per heavy atom. The highest BCUT2D eigenvalue weighted by molar-refractivity contribution is 5.28. The summed E-state index contributed by atoms with van der Waals surface area (Å²) >= 11 is 0. The van der Waals surface area contributed by atoms with E-state index >= 15 is 0 Å². The zero-order valence-electron chi connectivity index (χ0n) is 10.8. The summed E-state index contributed by atoms with van der Waals surface area (Å²) in [5, 5.41) is 10.3. The van der Waals surface area contributed by atoms with Crippen LogP contribution in [0.2, 0.25) is 0 Å². The topological polar surface area (TPSA) is 20.2 Å². The summed E-state index contributed by atoms with van der Waals surface area (Å²) < 4.78 is 0. The van der Waals surface area contributed by atoms with Crippen LogP contribution >= 0.6 is 0 Å². The van der Waals surface area contributed by atoms with Gasteiger partial charge in [-0.15, -0.1) is 6.58 Å². The molecule has 0 aromatic rings. The molecule has 5 atom stereocenters. The first-order valence-corrected chi connectivity index (χ1v) is 6.36. The Hall–Kier alpha value is -0.560. The van der Waals surface area contributed by atoms with Crippen molar-refractivity contribution in [1.82, 2.24) is 0 Å². The van der Waals surface area contributed by atoms with Crippen LogP contribution in [0.3, 0.4) is 0 Å². The number of fused-ring (bicyclic) bond motifs is 2. The summed E-state index contributed by atoms with van der Waals surface area (Å²) in [5.41, 5.74) is 1.52. The number of aliphatic hydroxyl groups excluding tert-OH is 1. The lowest BCUT2D eigenvalue weighted by atomic mass is 9.48. The fourth-order valence-electron chi connectivity index (χ4n) is 3.82. The van der Waals surface area contributed by atoms with Crippen molar-refractivity contribution >= 4 is 0 Å². The maximum atomic E-state index is 10.3. The van der Waals surface area contributed by atoms with E-state index < -0.39 is 0 Å². The Bertz CT molecular complexity index is 332. The molecule has 1 N–H and O–H groups in total. The molecule has 0 amide bonds. The summed E-state index contributed by atoms with van der Waals surface area (Å²) in [4.78, 5) is 0. The Morgan fingerprint density at radius 2 is 2.00 bits per heavy atom. The van der Waals surface area contributed by atoms with E-state index in [2.05, 4.69) is 33.9 Å². The Balaban J connectivity index is 2.44. The van der Waals surface area contributed by atoms with Crippen molar-refractivity contribution in [2.45, 2.75) is 46.1 Å². The van der Waals surface area contributed by atoms with Gasteiger partial charge in [0.1, 0.15) is 0 Å². The van der Waals surface area contributed by atoms with Gasteiger partial charge < -0.3 is 5.11 Å². The highest BCUT2D eigenvalue weighted by Gasteiger charge is 2.54. The third-order valence-corrected chi connectivity index (χ3v) is 5.54. The van der Waals surface area contributed by atoms with Crippen LogP contribution in [0.5, 0.6) is 0 Å². The molecule has 0 spiro atoms. The maximum absolute atomic E-state index is 10.3. The Labute approximate surface area is 99.3 Å². The van der Waals surface area contributed by atoms with Gasteiger partial charge in [-0.25, -0.2) is 0 Å². The normalized spacial score (nSPS) is 52.5. The predicted octanol–water partition coefficient (Wildman–Crippen LogP) is 3.55. The molecule has 0 aromatic carbocycles. The lowest BCUT2D eigenvalue weighted by molar-refractivity contribution is -0.0491. The minimum atomic E-state index is -0.237. The fourth-order valence-corrected chi connectivity index (χ4v) is 3.82. The molecule has 0 aromatic heterocycles. The first-order chi connectivity index (χ1) is 7.35. The van der Waals surface area contributed by atoms with E-state index in [1.165, 1.54) is 12.0 Å². The summed E-state index contributed by atoms with van der Waals surface area (Å²) in [6, 6.07) is 0. The molecule has 0 aliphatic heterocycles. The third-order valence-electron chi connectivity index (χ3n) is 5.54. The molecule has 2 bridgehead atoms. The second kappa shape index (κ2) is 3.46. The summed E-state index contributed by atoms with van der Waals surface area (Å²) in [6.45, 7) is 15.1. The van der Waals surface area contributed by atoms with Crippen LogP contribution in [0.15, 0.2) is 24.8 Å². The molecule has 0 radical (unpaired) electrons. The SMILES string of the molecule is C=C[C@@]1(C)CC[C@]2(C)C(=C)[C@H]1[C@@H](O)C[C@H]2C. The fraction of sp³-hybridized carbons (Fsp3) is 0.733. The van der Waals surface area contributed by atoms with Crippen molar-refractivity contribution in [2.24, 2.45) is 22.7 Å². The zero-order valence-corrected chi connectivity index (χ0v) is 10.8. The van der Waals surface area contributed by atoms with Gasteiger partial charge >= 0.3 is 0 Å². The maximum Gasteiger partial charge on any atom is 0.0616 e. The summed E-state index contributed by atoms with van der Waals surface area (Å²) in [7, 11) is 0. The van der Waals surface area contributed by atoms with E-state index in [-0.39, 0.29) is 22.9 Å². The lowest BCUT2D eigenvalue weighted by Crippen LogP contribution is -2.52. The quantitative estimate of drug-likeness (QED) is 0.670. The molecule has 90 valence electrons.